The zero-order valence-corrected chi connectivity index (χ0v) is 14.0. The molecule has 2 heterocycles. The number of halogens is 3. The van der Waals surface area contributed by atoms with Crippen molar-refractivity contribution in [3.05, 3.63) is 23.9 Å². The number of nitrogens with zero attached hydrogens (tertiary/aromatic N) is 2. The fourth-order valence-corrected chi connectivity index (χ4v) is 2.50. The molecule has 0 bridgehead atoms. The molecule has 1 aromatic rings. The first-order valence-electron chi connectivity index (χ1n) is 7.83. The van der Waals surface area contributed by atoms with Crippen molar-refractivity contribution in [1.82, 2.24) is 9.88 Å². The average molecular weight is 345 g/mol. The first kappa shape index (κ1) is 18.4. The molecule has 0 aromatic carbocycles. The van der Waals surface area contributed by atoms with E-state index in [4.69, 9.17) is 4.74 Å². The van der Waals surface area contributed by atoms with Gasteiger partial charge in [0.25, 0.3) is 0 Å². The first-order chi connectivity index (χ1) is 11.1. The Balaban J connectivity index is 1.92. The number of carbonyl (C=O) groups excluding carboxylic acids is 1. The van der Waals surface area contributed by atoms with Crippen LogP contribution in [0.3, 0.4) is 0 Å². The van der Waals surface area contributed by atoms with Gasteiger partial charge in [0.15, 0.2) is 0 Å². The van der Waals surface area contributed by atoms with Gasteiger partial charge in [0.2, 0.25) is 0 Å². The number of hydrogen-bond donors (Lipinski definition) is 1. The van der Waals surface area contributed by atoms with E-state index in [1.807, 2.05) is 0 Å². The van der Waals surface area contributed by atoms with Crippen LogP contribution in [0.1, 0.15) is 39.2 Å². The summed E-state index contributed by atoms with van der Waals surface area (Å²) >= 11 is 0. The summed E-state index contributed by atoms with van der Waals surface area (Å²) in [5.74, 6) is 0.346. The fraction of sp³-hybridized carbons (Fsp3) is 0.625. The Hall–Kier alpha value is -1.99. The zero-order valence-electron chi connectivity index (χ0n) is 14.0. The Kier molecular flexibility index (Phi) is 5.25. The molecule has 0 saturated carbocycles. The standard InChI is InChI=1S/C16H22F3N3O2/c1-15(2,3)24-14(23)22-8-4-5-12(22)10-21-13-7-6-11(9-20-13)16(17,18)19/h6-7,9,12H,4-5,8,10H2,1-3H3,(H,20,21)/t12-/m0/s1. The number of aromatic nitrogens is 1. The molecule has 1 atom stereocenters. The van der Waals surface area contributed by atoms with Crippen molar-refractivity contribution >= 4 is 11.9 Å². The van der Waals surface area contributed by atoms with Gasteiger partial charge < -0.3 is 15.0 Å². The third kappa shape index (κ3) is 5.01. The molecule has 1 aliphatic heterocycles. The Morgan fingerprint density at radius 3 is 2.62 bits per heavy atom. The second-order valence-corrected chi connectivity index (χ2v) is 6.78. The van der Waals surface area contributed by atoms with Crippen molar-refractivity contribution in [1.29, 1.82) is 0 Å². The number of carbonyl (C=O) groups is 1. The SMILES string of the molecule is CC(C)(C)OC(=O)N1CCC[C@H]1CNc1ccc(C(F)(F)F)cn1. The molecule has 8 heteroatoms. The lowest BCUT2D eigenvalue weighted by molar-refractivity contribution is -0.137. The van der Waals surface area contributed by atoms with Crippen molar-refractivity contribution in [2.45, 2.75) is 51.4 Å². The maximum Gasteiger partial charge on any atom is 0.417 e. The van der Waals surface area contributed by atoms with Crippen LogP contribution >= 0.6 is 0 Å². The van der Waals surface area contributed by atoms with E-state index in [1.54, 1.807) is 25.7 Å². The lowest BCUT2D eigenvalue weighted by atomic mass is 10.2. The zero-order chi connectivity index (χ0) is 18.0. The minimum Gasteiger partial charge on any atom is -0.444 e. The summed E-state index contributed by atoms with van der Waals surface area (Å²) < 4.78 is 42.9. The van der Waals surface area contributed by atoms with Gasteiger partial charge in [0.1, 0.15) is 11.4 Å². The number of rotatable bonds is 3. The highest BCUT2D eigenvalue weighted by atomic mass is 19.4. The summed E-state index contributed by atoms with van der Waals surface area (Å²) in [6, 6.07) is 2.20. The van der Waals surface area contributed by atoms with Gasteiger partial charge >= 0.3 is 12.3 Å². The van der Waals surface area contributed by atoms with Gasteiger partial charge in [-0.05, 0) is 45.7 Å². The molecule has 2 rings (SSSR count). The van der Waals surface area contributed by atoms with Gasteiger partial charge in [-0.1, -0.05) is 0 Å². The second-order valence-electron chi connectivity index (χ2n) is 6.78. The number of likely N-dealkylation sites (tertiary alicyclic amines) is 1. The Morgan fingerprint density at radius 1 is 1.38 bits per heavy atom. The minimum absolute atomic E-state index is 0.0658. The van der Waals surface area contributed by atoms with Crippen LogP contribution in [-0.4, -0.2) is 40.7 Å². The van der Waals surface area contributed by atoms with Crippen molar-refractivity contribution in [2.24, 2.45) is 0 Å². The molecule has 24 heavy (non-hydrogen) atoms. The summed E-state index contributed by atoms with van der Waals surface area (Å²) in [4.78, 5) is 17.6. The van der Waals surface area contributed by atoms with E-state index in [0.29, 0.717) is 18.9 Å². The lowest BCUT2D eigenvalue weighted by Gasteiger charge is -2.28. The molecule has 1 N–H and O–H groups in total. The van der Waals surface area contributed by atoms with E-state index in [-0.39, 0.29) is 12.1 Å². The molecule has 1 aliphatic rings. The molecule has 1 saturated heterocycles. The van der Waals surface area contributed by atoms with Crippen LogP contribution in [-0.2, 0) is 10.9 Å². The maximum atomic E-state index is 12.5. The maximum absolute atomic E-state index is 12.5. The third-order valence-corrected chi connectivity index (χ3v) is 3.61. The summed E-state index contributed by atoms with van der Waals surface area (Å²) in [5.41, 5.74) is -1.35. The number of ether oxygens (including phenoxy) is 1. The molecule has 0 unspecified atom stereocenters. The van der Waals surface area contributed by atoms with Crippen LogP contribution in [0.15, 0.2) is 18.3 Å². The summed E-state index contributed by atoms with van der Waals surface area (Å²) in [6.07, 6.45) is -2.29. The molecule has 1 fully saturated rings. The highest BCUT2D eigenvalue weighted by Gasteiger charge is 2.32. The number of alkyl halides is 3. The predicted molar refractivity (Wildman–Crippen MR) is 83.7 cm³/mol. The summed E-state index contributed by atoms with van der Waals surface area (Å²) in [5, 5.41) is 2.99. The molecule has 0 aliphatic carbocycles. The first-order valence-corrected chi connectivity index (χ1v) is 7.83. The largest absolute Gasteiger partial charge is 0.444 e. The third-order valence-electron chi connectivity index (χ3n) is 3.61. The summed E-state index contributed by atoms with van der Waals surface area (Å²) in [7, 11) is 0. The predicted octanol–water partition coefficient (Wildman–Crippen LogP) is 3.91. The van der Waals surface area contributed by atoms with Crippen LogP contribution in [0.2, 0.25) is 0 Å². The van der Waals surface area contributed by atoms with Crippen LogP contribution in [0.25, 0.3) is 0 Å². The Morgan fingerprint density at radius 2 is 2.08 bits per heavy atom. The van der Waals surface area contributed by atoms with Crippen molar-refractivity contribution in [3.63, 3.8) is 0 Å². The van der Waals surface area contributed by atoms with Gasteiger partial charge in [0.05, 0.1) is 11.6 Å². The van der Waals surface area contributed by atoms with Gasteiger partial charge in [-0.15, -0.1) is 0 Å². The monoisotopic (exact) mass is 345 g/mol. The quantitative estimate of drug-likeness (QED) is 0.902. The van der Waals surface area contributed by atoms with E-state index in [1.165, 1.54) is 6.07 Å². The van der Waals surface area contributed by atoms with E-state index in [0.717, 1.165) is 25.1 Å². The van der Waals surface area contributed by atoms with Crippen LogP contribution in [0.4, 0.5) is 23.8 Å². The fourth-order valence-electron chi connectivity index (χ4n) is 2.50. The Bertz CT molecular complexity index is 567. The molecule has 1 aromatic heterocycles. The van der Waals surface area contributed by atoms with E-state index >= 15 is 0 Å². The summed E-state index contributed by atoms with van der Waals surface area (Å²) in [6.45, 7) is 6.44. The van der Waals surface area contributed by atoms with Crippen molar-refractivity contribution in [3.8, 4) is 0 Å². The van der Waals surface area contributed by atoms with E-state index in [9.17, 15) is 18.0 Å². The molecule has 5 nitrogen and oxygen atoms in total. The number of pyridine rings is 1. The van der Waals surface area contributed by atoms with E-state index < -0.39 is 17.3 Å². The number of amides is 1. The minimum atomic E-state index is -4.40. The number of hydrogen-bond acceptors (Lipinski definition) is 4. The van der Waals surface area contributed by atoms with Crippen LogP contribution < -0.4 is 5.32 Å². The van der Waals surface area contributed by atoms with Crippen LogP contribution in [0.5, 0.6) is 0 Å². The Labute approximate surface area is 139 Å². The molecular weight excluding hydrogens is 323 g/mol. The van der Waals surface area contributed by atoms with Gasteiger partial charge in [-0.3, -0.25) is 0 Å². The molecule has 0 radical (unpaired) electrons. The normalized spacial score (nSPS) is 18.6. The second kappa shape index (κ2) is 6.86. The van der Waals surface area contributed by atoms with Crippen molar-refractivity contribution < 1.29 is 22.7 Å². The molecule has 1 amide bonds. The van der Waals surface area contributed by atoms with Crippen LogP contribution in [0, 0.1) is 0 Å². The number of anilines is 1. The average Bonchev–Trinajstić information content (AvgIpc) is 2.91. The topological polar surface area (TPSA) is 54.5 Å². The molecular formula is C16H22F3N3O2. The highest BCUT2D eigenvalue weighted by Crippen LogP contribution is 2.29. The number of nitrogens with one attached hydrogen (secondary N) is 1. The van der Waals surface area contributed by atoms with Crippen molar-refractivity contribution in [2.75, 3.05) is 18.4 Å². The van der Waals surface area contributed by atoms with E-state index in [2.05, 4.69) is 10.3 Å². The molecule has 134 valence electrons. The van der Waals surface area contributed by atoms with Gasteiger partial charge in [-0.25, -0.2) is 9.78 Å². The van der Waals surface area contributed by atoms with Gasteiger partial charge in [-0.2, -0.15) is 13.2 Å². The smallest absolute Gasteiger partial charge is 0.417 e. The highest BCUT2D eigenvalue weighted by molar-refractivity contribution is 5.69. The van der Waals surface area contributed by atoms with Gasteiger partial charge in [0, 0.05) is 19.3 Å². The molecule has 0 spiro atoms. The lowest BCUT2D eigenvalue weighted by Crippen LogP contribution is -2.42.